The normalized spacial score (nSPS) is 52.6. The number of aliphatic hydroxyl groups excluding tert-OH is 1. The van der Waals surface area contributed by atoms with E-state index in [0.29, 0.717) is 18.6 Å². The molecule has 2 heteroatoms. The van der Waals surface area contributed by atoms with E-state index < -0.39 is 0 Å². The van der Waals surface area contributed by atoms with Crippen LogP contribution in [0.3, 0.4) is 0 Å². The third-order valence-corrected chi connectivity index (χ3v) is 7.00. The van der Waals surface area contributed by atoms with Crippen LogP contribution in [0.25, 0.3) is 0 Å². The fourth-order valence-corrected chi connectivity index (χ4v) is 6.18. The Hall–Kier alpha value is -0.0800. The predicted molar refractivity (Wildman–Crippen MR) is 76.8 cm³/mol. The smallest absolute Gasteiger partial charge is 0.0474 e. The van der Waals surface area contributed by atoms with Crippen LogP contribution in [-0.2, 0) is 0 Å². The van der Waals surface area contributed by atoms with Crippen LogP contribution in [0.2, 0.25) is 0 Å². The molecular formula is C17H29NO. The van der Waals surface area contributed by atoms with Crippen LogP contribution in [0.1, 0.15) is 57.8 Å². The lowest BCUT2D eigenvalue weighted by molar-refractivity contribution is 0.123. The van der Waals surface area contributed by atoms with E-state index in [1.807, 2.05) is 0 Å². The van der Waals surface area contributed by atoms with Crippen LogP contribution in [0.5, 0.6) is 0 Å². The van der Waals surface area contributed by atoms with Gasteiger partial charge in [-0.3, -0.25) is 0 Å². The molecule has 7 atom stereocenters. The van der Waals surface area contributed by atoms with E-state index in [0.717, 1.165) is 29.7 Å². The first-order valence-corrected chi connectivity index (χ1v) is 8.73. The van der Waals surface area contributed by atoms with Crippen molar-refractivity contribution >= 4 is 0 Å². The minimum atomic E-state index is 0.393. The van der Waals surface area contributed by atoms with Gasteiger partial charge in [-0.15, -0.1) is 0 Å². The van der Waals surface area contributed by atoms with Gasteiger partial charge in [-0.1, -0.05) is 19.3 Å². The van der Waals surface area contributed by atoms with Crippen molar-refractivity contribution < 1.29 is 5.11 Å². The molecule has 0 radical (unpaired) electrons. The highest BCUT2D eigenvalue weighted by molar-refractivity contribution is 5.06. The molecule has 0 amide bonds. The van der Waals surface area contributed by atoms with E-state index in [1.165, 1.54) is 57.8 Å². The second-order valence-corrected chi connectivity index (χ2v) is 7.76. The largest absolute Gasteiger partial charge is 0.396 e. The van der Waals surface area contributed by atoms with E-state index >= 15 is 0 Å². The Morgan fingerprint density at radius 3 is 2.53 bits per heavy atom. The molecule has 4 aliphatic carbocycles. The maximum absolute atomic E-state index is 9.58. The summed E-state index contributed by atoms with van der Waals surface area (Å²) >= 11 is 0. The third-order valence-electron chi connectivity index (χ3n) is 7.00. The molecule has 4 saturated carbocycles. The van der Waals surface area contributed by atoms with E-state index in [4.69, 9.17) is 0 Å². The lowest BCUT2D eigenvalue weighted by atomic mass is 9.77. The van der Waals surface area contributed by atoms with Crippen LogP contribution in [0, 0.1) is 29.6 Å². The van der Waals surface area contributed by atoms with E-state index in [-0.39, 0.29) is 0 Å². The van der Waals surface area contributed by atoms with Gasteiger partial charge in [-0.2, -0.15) is 0 Å². The van der Waals surface area contributed by atoms with Gasteiger partial charge in [0.2, 0.25) is 0 Å². The maximum Gasteiger partial charge on any atom is 0.0474 e. The molecule has 2 bridgehead atoms. The van der Waals surface area contributed by atoms with E-state index in [1.54, 1.807) is 0 Å². The monoisotopic (exact) mass is 263 g/mol. The Morgan fingerprint density at radius 1 is 0.789 bits per heavy atom. The Morgan fingerprint density at radius 2 is 1.63 bits per heavy atom. The molecule has 0 aromatic heterocycles. The Balaban J connectivity index is 1.41. The summed E-state index contributed by atoms with van der Waals surface area (Å²) in [6, 6.07) is 1.41. The molecule has 0 heterocycles. The highest BCUT2D eigenvalue weighted by atomic mass is 16.3. The van der Waals surface area contributed by atoms with Crippen LogP contribution in [-0.4, -0.2) is 23.8 Å². The van der Waals surface area contributed by atoms with E-state index in [2.05, 4.69) is 5.32 Å². The average Bonchev–Trinajstić information content (AvgIpc) is 3.11. The van der Waals surface area contributed by atoms with Gasteiger partial charge in [0.15, 0.2) is 0 Å². The zero-order chi connectivity index (χ0) is 12.8. The lowest BCUT2D eigenvalue weighted by Crippen LogP contribution is -2.49. The summed E-state index contributed by atoms with van der Waals surface area (Å²) < 4.78 is 0. The molecule has 19 heavy (non-hydrogen) atoms. The zero-order valence-electron chi connectivity index (χ0n) is 12.1. The Bertz CT molecular complexity index is 331. The highest BCUT2D eigenvalue weighted by Gasteiger charge is 2.54. The summed E-state index contributed by atoms with van der Waals surface area (Å²) in [4.78, 5) is 0. The molecule has 0 saturated heterocycles. The summed E-state index contributed by atoms with van der Waals surface area (Å²) in [5.74, 6) is 4.73. The fourth-order valence-electron chi connectivity index (χ4n) is 6.18. The van der Waals surface area contributed by atoms with Gasteiger partial charge >= 0.3 is 0 Å². The van der Waals surface area contributed by atoms with Crippen LogP contribution in [0.4, 0.5) is 0 Å². The van der Waals surface area contributed by atoms with E-state index in [9.17, 15) is 5.11 Å². The van der Waals surface area contributed by atoms with Gasteiger partial charge in [-0.25, -0.2) is 0 Å². The van der Waals surface area contributed by atoms with Gasteiger partial charge in [0.25, 0.3) is 0 Å². The van der Waals surface area contributed by atoms with Crippen molar-refractivity contribution in [2.24, 2.45) is 29.6 Å². The summed E-state index contributed by atoms with van der Waals surface area (Å²) in [5, 5.41) is 13.6. The van der Waals surface area contributed by atoms with Crippen molar-refractivity contribution in [2.75, 3.05) is 6.61 Å². The number of fused-ring (bicyclic) bond motifs is 5. The van der Waals surface area contributed by atoms with Crippen molar-refractivity contribution in [3.05, 3.63) is 0 Å². The Labute approximate surface area is 117 Å². The number of rotatable bonds is 3. The van der Waals surface area contributed by atoms with Gasteiger partial charge in [0.1, 0.15) is 0 Å². The van der Waals surface area contributed by atoms with Crippen LogP contribution < -0.4 is 5.32 Å². The molecule has 2 N–H and O–H groups in total. The number of hydrogen-bond acceptors (Lipinski definition) is 2. The second kappa shape index (κ2) is 5.04. The van der Waals surface area contributed by atoms with Gasteiger partial charge in [-0.05, 0) is 68.1 Å². The number of nitrogens with one attached hydrogen (secondary N) is 1. The number of hydrogen-bond donors (Lipinski definition) is 2. The first-order chi connectivity index (χ1) is 9.36. The molecule has 0 aliphatic heterocycles. The molecule has 0 aromatic carbocycles. The standard InChI is InChI=1S/C17H29NO/c19-10-11-4-1-2-7-16(11)18-17-9-12-8-15(17)14-6-3-5-13(12)14/h11-19H,1-10H2. The molecule has 4 rings (SSSR count). The zero-order valence-corrected chi connectivity index (χ0v) is 12.1. The molecule has 4 fully saturated rings. The Kier molecular flexibility index (Phi) is 3.35. The molecule has 4 aliphatic rings. The molecule has 108 valence electrons. The summed E-state index contributed by atoms with van der Waals surface area (Å²) in [7, 11) is 0. The van der Waals surface area contributed by atoms with Crippen molar-refractivity contribution in [2.45, 2.75) is 69.9 Å². The van der Waals surface area contributed by atoms with Crippen molar-refractivity contribution in [1.29, 1.82) is 0 Å². The van der Waals surface area contributed by atoms with Crippen molar-refractivity contribution in [3.63, 3.8) is 0 Å². The van der Waals surface area contributed by atoms with Gasteiger partial charge in [0, 0.05) is 18.7 Å². The van der Waals surface area contributed by atoms with Gasteiger partial charge in [0.05, 0.1) is 0 Å². The van der Waals surface area contributed by atoms with Crippen LogP contribution in [0.15, 0.2) is 0 Å². The minimum Gasteiger partial charge on any atom is -0.396 e. The highest BCUT2D eigenvalue weighted by Crippen LogP contribution is 2.58. The first-order valence-electron chi connectivity index (χ1n) is 8.73. The summed E-state index contributed by atoms with van der Waals surface area (Å²) in [6.45, 7) is 0.393. The minimum absolute atomic E-state index is 0.393. The fraction of sp³-hybridized carbons (Fsp3) is 1.00. The predicted octanol–water partition coefficient (Wildman–Crippen LogP) is 2.95. The first kappa shape index (κ1) is 12.6. The molecule has 0 aromatic rings. The number of aliphatic hydroxyl groups is 1. The average molecular weight is 263 g/mol. The third kappa shape index (κ3) is 2.06. The quantitative estimate of drug-likeness (QED) is 0.820. The molecule has 0 spiro atoms. The molecule has 7 unspecified atom stereocenters. The van der Waals surface area contributed by atoms with Crippen molar-refractivity contribution in [3.8, 4) is 0 Å². The summed E-state index contributed by atoms with van der Waals surface area (Å²) in [6.07, 6.45) is 12.7. The second-order valence-electron chi connectivity index (χ2n) is 7.76. The topological polar surface area (TPSA) is 32.3 Å². The van der Waals surface area contributed by atoms with Gasteiger partial charge < -0.3 is 10.4 Å². The molecular weight excluding hydrogens is 234 g/mol. The molecule has 2 nitrogen and oxygen atoms in total. The van der Waals surface area contributed by atoms with Crippen molar-refractivity contribution in [1.82, 2.24) is 5.32 Å². The SMILES string of the molecule is OCC1CCCCC1NC1CC2CC1C1CCCC21. The summed E-state index contributed by atoms with van der Waals surface area (Å²) in [5.41, 5.74) is 0. The lowest BCUT2D eigenvalue weighted by Gasteiger charge is -2.38. The maximum atomic E-state index is 9.58. The van der Waals surface area contributed by atoms with Crippen LogP contribution >= 0.6 is 0 Å².